The molecule has 1 unspecified atom stereocenters. The van der Waals surface area contributed by atoms with Gasteiger partial charge < -0.3 is 20.5 Å². The second-order valence-corrected chi connectivity index (χ2v) is 7.60. The molecule has 0 saturated carbocycles. The lowest BCUT2D eigenvalue weighted by Crippen LogP contribution is -2.39. The van der Waals surface area contributed by atoms with Crippen molar-refractivity contribution < 1.29 is 36.2 Å². The molecule has 0 aromatic carbocycles. The van der Waals surface area contributed by atoms with E-state index in [2.05, 4.69) is 16.5 Å². The number of morpholine rings is 1. The Labute approximate surface area is 188 Å². The zero-order chi connectivity index (χ0) is 24.8. The van der Waals surface area contributed by atoms with Crippen molar-refractivity contribution in [2.24, 2.45) is 0 Å². The van der Waals surface area contributed by atoms with Crippen LogP contribution in [-0.4, -0.2) is 71.6 Å². The predicted molar refractivity (Wildman–Crippen MR) is 112 cm³/mol. The largest absolute Gasteiger partial charge is 0.420 e. The Kier molecular flexibility index (Phi) is 9.15. The fourth-order valence-electron chi connectivity index (χ4n) is 3.36. The highest BCUT2D eigenvalue weighted by molar-refractivity contribution is 5.67. The van der Waals surface area contributed by atoms with Crippen molar-refractivity contribution in [2.75, 3.05) is 45.1 Å². The predicted octanol–water partition coefficient (Wildman–Crippen LogP) is 3.89. The molecule has 0 aliphatic carbocycles. The van der Waals surface area contributed by atoms with Crippen molar-refractivity contribution in [3.8, 4) is 0 Å². The van der Waals surface area contributed by atoms with E-state index in [1.807, 2.05) is 0 Å². The highest BCUT2D eigenvalue weighted by Gasteiger charge is 2.41. The van der Waals surface area contributed by atoms with Gasteiger partial charge in [-0.05, 0) is 30.0 Å². The van der Waals surface area contributed by atoms with E-state index in [0.29, 0.717) is 39.3 Å². The monoisotopic (exact) mass is 482 g/mol. The number of hydrogen-bond acceptors (Lipinski definition) is 6. The van der Waals surface area contributed by atoms with Gasteiger partial charge in [-0.3, -0.25) is 4.90 Å². The van der Waals surface area contributed by atoms with Gasteiger partial charge in [-0.1, -0.05) is 13.5 Å². The van der Waals surface area contributed by atoms with Gasteiger partial charge in [-0.2, -0.15) is 26.3 Å². The molecule has 33 heavy (non-hydrogen) atoms. The van der Waals surface area contributed by atoms with Crippen molar-refractivity contribution in [3.05, 3.63) is 41.9 Å². The minimum atomic E-state index is -4.94. The summed E-state index contributed by atoms with van der Waals surface area (Å²) in [6.07, 6.45) is -9.45. The summed E-state index contributed by atoms with van der Waals surface area (Å²) >= 11 is 0. The quantitative estimate of drug-likeness (QED) is 0.521. The van der Waals surface area contributed by atoms with Crippen molar-refractivity contribution >= 4 is 11.4 Å². The third kappa shape index (κ3) is 7.61. The van der Waals surface area contributed by atoms with E-state index in [-0.39, 0.29) is 24.1 Å². The third-order valence-electron chi connectivity index (χ3n) is 5.26. The van der Waals surface area contributed by atoms with Crippen LogP contribution in [-0.2, 0) is 10.9 Å². The van der Waals surface area contributed by atoms with Gasteiger partial charge in [0.2, 0.25) is 0 Å². The molecule has 6 nitrogen and oxygen atoms in total. The van der Waals surface area contributed by atoms with E-state index in [1.165, 1.54) is 6.20 Å². The molecule has 1 aromatic heterocycles. The highest BCUT2D eigenvalue weighted by atomic mass is 19.4. The van der Waals surface area contributed by atoms with Crippen LogP contribution in [0.1, 0.15) is 30.9 Å². The first kappa shape index (κ1) is 26.9. The second kappa shape index (κ2) is 11.2. The molecular formula is C21H28F6N4O2. The normalized spacial score (nSPS) is 17.2. The summed E-state index contributed by atoms with van der Waals surface area (Å²) in [7, 11) is 0. The van der Waals surface area contributed by atoms with Crippen LogP contribution in [0, 0.1) is 0 Å². The number of hydrogen-bond donors (Lipinski definition) is 2. The van der Waals surface area contributed by atoms with E-state index in [0.717, 1.165) is 17.2 Å². The van der Waals surface area contributed by atoms with Crippen molar-refractivity contribution in [1.82, 2.24) is 14.8 Å². The summed E-state index contributed by atoms with van der Waals surface area (Å²) in [5, 5.41) is 9.72. The minimum Gasteiger partial charge on any atom is -0.383 e. The average Bonchev–Trinajstić information content (AvgIpc) is 2.75. The standard InChI is InChI=1S/C21H28F6N4O2/c1-3-15(16-11-17(20(22,23)24)19(28)29-12-16)13-31(14(2)18(32)21(25,26)27)6-4-5-30-7-9-33-10-8-30/h11-13,18,32H,2-10H2,1H3,(H2,28,29)/b15-13+. The fraction of sp³-hybridized carbons (Fsp3) is 0.571. The zero-order valence-electron chi connectivity index (χ0n) is 18.2. The number of anilines is 1. The number of nitrogens with zero attached hydrogens (tertiary/aromatic N) is 3. The van der Waals surface area contributed by atoms with Crippen LogP contribution in [0.4, 0.5) is 32.2 Å². The van der Waals surface area contributed by atoms with Crippen LogP contribution < -0.4 is 5.73 Å². The van der Waals surface area contributed by atoms with E-state index >= 15 is 0 Å². The Morgan fingerprint density at radius 2 is 1.94 bits per heavy atom. The molecule has 1 aliphatic rings. The molecule has 1 aromatic rings. The summed E-state index contributed by atoms with van der Waals surface area (Å²) in [6, 6.07) is 0.812. The molecule has 1 saturated heterocycles. The van der Waals surface area contributed by atoms with Gasteiger partial charge in [0.15, 0.2) is 6.10 Å². The Bertz CT molecular complexity index is 835. The SMILES string of the molecule is C=C(C(O)C(F)(F)F)N(/C=C(\CC)c1cnc(N)c(C(F)(F)F)c1)CCCN1CCOCC1. The number of nitrogen functional groups attached to an aromatic ring is 1. The second-order valence-electron chi connectivity index (χ2n) is 7.60. The number of pyridine rings is 1. The van der Waals surface area contributed by atoms with Crippen molar-refractivity contribution in [2.45, 2.75) is 38.2 Å². The van der Waals surface area contributed by atoms with E-state index in [9.17, 15) is 31.4 Å². The number of aliphatic hydroxyl groups is 1. The van der Waals surface area contributed by atoms with Gasteiger partial charge in [0.25, 0.3) is 0 Å². The van der Waals surface area contributed by atoms with Crippen molar-refractivity contribution in [1.29, 1.82) is 0 Å². The van der Waals surface area contributed by atoms with Crippen LogP contribution in [0.15, 0.2) is 30.7 Å². The van der Waals surface area contributed by atoms with E-state index in [4.69, 9.17) is 10.5 Å². The molecule has 0 amide bonds. The van der Waals surface area contributed by atoms with Crippen LogP contribution in [0.2, 0.25) is 0 Å². The maximum absolute atomic E-state index is 13.2. The number of rotatable bonds is 9. The van der Waals surface area contributed by atoms with Gasteiger partial charge in [-0.25, -0.2) is 4.98 Å². The number of alkyl halides is 6. The lowest BCUT2D eigenvalue weighted by molar-refractivity contribution is -0.195. The van der Waals surface area contributed by atoms with E-state index < -0.39 is 35.5 Å². The first-order chi connectivity index (χ1) is 15.3. The van der Waals surface area contributed by atoms with Gasteiger partial charge in [0, 0.05) is 44.3 Å². The topological polar surface area (TPSA) is 74.8 Å². The molecule has 0 bridgehead atoms. The number of ether oxygens (including phenoxy) is 1. The summed E-state index contributed by atoms with van der Waals surface area (Å²) in [5.74, 6) is -0.694. The zero-order valence-corrected chi connectivity index (χ0v) is 18.2. The van der Waals surface area contributed by atoms with Crippen LogP contribution in [0.25, 0.3) is 5.57 Å². The summed E-state index contributed by atoms with van der Waals surface area (Å²) in [4.78, 5) is 6.82. The summed E-state index contributed by atoms with van der Waals surface area (Å²) in [6.45, 7) is 8.21. The van der Waals surface area contributed by atoms with Gasteiger partial charge in [0.05, 0.1) is 18.8 Å². The first-order valence-corrected chi connectivity index (χ1v) is 10.4. The number of aromatic nitrogens is 1. The molecule has 2 rings (SSSR count). The summed E-state index contributed by atoms with van der Waals surface area (Å²) < 4.78 is 84.3. The molecule has 0 radical (unpaired) electrons. The van der Waals surface area contributed by atoms with Crippen LogP contribution >= 0.6 is 0 Å². The Morgan fingerprint density at radius 3 is 2.48 bits per heavy atom. The van der Waals surface area contributed by atoms with Crippen LogP contribution in [0.5, 0.6) is 0 Å². The van der Waals surface area contributed by atoms with E-state index in [1.54, 1.807) is 6.92 Å². The highest BCUT2D eigenvalue weighted by Crippen LogP contribution is 2.35. The molecule has 2 heterocycles. The Morgan fingerprint density at radius 1 is 1.30 bits per heavy atom. The van der Waals surface area contributed by atoms with Gasteiger partial charge >= 0.3 is 12.4 Å². The molecule has 1 aliphatic heterocycles. The lowest BCUT2D eigenvalue weighted by atomic mass is 10.0. The Balaban J connectivity index is 2.32. The maximum Gasteiger partial charge on any atom is 0.420 e. The fourth-order valence-corrected chi connectivity index (χ4v) is 3.36. The molecule has 1 fully saturated rings. The van der Waals surface area contributed by atoms with Gasteiger partial charge in [-0.15, -0.1) is 0 Å². The number of halogens is 6. The summed E-state index contributed by atoms with van der Waals surface area (Å²) in [5.41, 5.74) is 3.94. The number of aliphatic hydroxyl groups excluding tert-OH is 1. The number of nitrogens with two attached hydrogens (primary N) is 1. The first-order valence-electron chi connectivity index (χ1n) is 10.4. The third-order valence-corrected chi connectivity index (χ3v) is 5.26. The molecule has 186 valence electrons. The maximum atomic E-state index is 13.2. The molecule has 0 spiro atoms. The lowest BCUT2D eigenvalue weighted by Gasteiger charge is -2.31. The average molecular weight is 482 g/mol. The van der Waals surface area contributed by atoms with Crippen molar-refractivity contribution in [3.63, 3.8) is 0 Å². The Hall–Kier alpha value is -2.31. The molecule has 3 N–H and O–H groups in total. The molecular weight excluding hydrogens is 454 g/mol. The molecule has 12 heteroatoms. The molecule has 1 atom stereocenters. The van der Waals surface area contributed by atoms with Gasteiger partial charge in [0.1, 0.15) is 5.82 Å². The minimum absolute atomic E-state index is 0.0616. The number of allylic oxidation sites excluding steroid dienone is 1. The smallest absolute Gasteiger partial charge is 0.383 e. The van der Waals surface area contributed by atoms with Crippen LogP contribution in [0.3, 0.4) is 0 Å².